The third-order valence-corrected chi connectivity index (χ3v) is 2.32. The highest BCUT2D eigenvalue weighted by Crippen LogP contribution is 2.18. The molecule has 1 rings (SSSR count). The molecular formula is C8H16ClNO2. The van der Waals surface area contributed by atoms with Crippen molar-refractivity contribution >= 4 is 18.4 Å². The number of hydrogen-bond acceptors (Lipinski definition) is 2. The van der Waals surface area contributed by atoms with E-state index in [-0.39, 0.29) is 12.4 Å². The summed E-state index contributed by atoms with van der Waals surface area (Å²) >= 11 is 0. The number of aliphatic carboxylic acids is 1. The summed E-state index contributed by atoms with van der Waals surface area (Å²) in [4.78, 5) is 12.6. The Balaban J connectivity index is 0.00000121. The average Bonchev–Trinajstić information content (AvgIpc) is 2.34. The van der Waals surface area contributed by atoms with Crippen molar-refractivity contribution in [2.24, 2.45) is 0 Å². The van der Waals surface area contributed by atoms with Crippen LogP contribution in [0.2, 0.25) is 0 Å². The zero-order valence-electron chi connectivity index (χ0n) is 7.32. The molecule has 4 heteroatoms. The van der Waals surface area contributed by atoms with Gasteiger partial charge in [0.2, 0.25) is 0 Å². The molecule has 0 amide bonds. The highest BCUT2D eigenvalue weighted by molar-refractivity contribution is 5.85. The lowest BCUT2D eigenvalue weighted by Gasteiger charge is -2.20. The van der Waals surface area contributed by atoms with Gasteiger partial charge in [0.1, 0.15) is 0 Å². The second-order valence-electron chi connectivity index (χ2n) is 3.02. The Kier molecular flexibility index (Phi) is 5.25. The number of carbonyl (C=O) groups is 1. The molecule has 72 valence electrons. The largest absolute Gasteiger partial charge is 0.481 e. The molecule has 1 aliphatic heterocycles. The second kappa shape index (κ2) is 5.38. The smallest absolute Gasteiger partial charge is 0.304 e. The highest BCUT2D eigenvalue weighted by atomic mass is 35.5. The maximum Gasteiger partial charge on any atom is 0.304 e. The predicted octanol–water partition coefficient (Wildman–Crippen LogP) is 1.37. The molecule has 0 spiro atoms. The normalized spacial score (nSPS) is 23.6. The lowest BCUT2D eigenvalue weighted by Crippen LogP contribution is -2.30. The molecule has 0 aromatic carbocycles. The topological polar surface area (TPSA) is 40.5 Å². The third kappa shape index (κ3) is 2.99. The molecule has 1 aliphatic rings. The minimum absolute atomic E-state index is 0. The van der Waals surface area contributed by atoms with E-state index in [1.54, 1.807) is 0 Å². The van der Waals surface area contributed by atoms with Crippen LogP contribution in [0.5, 0.6) is 0 Å². The Morgan fingerprint density at radius 2 is 2.33 bits per heavy atom. The summed E-state index contributed by atoms with van der Waals surface area (Å²) in [7, 11) is 0. The predicted molar refractivity (Wildman–Crippen MR) is 49.8 cm³/mol. The van der Waals surface area contributed by atoms with Crippen molar-refractivity contribution in [2.75, 3.05) is 13.1 Å². The summed E-state index contributed by atoms with van der Waals surface area (Å²) in [6.07, 6.45) is 2.53. The minimum Gasteiger partial charge on any atom is -0.481 e. The molecule has 0 bridgehead atoms. The second-order valence-corrected chi connectivity index (χ2v) is 3.02. The van der Waals surface area contributed by atoms with Gasteiger partial charge in [0.25, 0.3) is 0 Å². The Hall–Kier alpha value is -0.280. The van der Waals surface area contributed by atoms with Gasteiger partial charge in [-0.25, -0.2) is 0 Å². The SMILES string of the molecule is CCN1CCCC1CC(=O)O.Cl. The van der Waals surface area contributed by atoms with Crippen LogP contribution in [0.1, 0.15) is 26.2 Å². The lowest BCUT2D eigenvalue weighted by molar-refractivity contribution is -0.138. The van der Waals surface area contributed by atoms with Crippen LogP contribution in [0.3, 0.4) is 0 Å². The highest BCUT2D eigenvalue weighted by Gasteiger charge is 2.24. The van der Waals surface area contributed by atoms with Gasteiger partial charge in [-0.2, -0.15) is 0 Å². The molecule has 0 aliphatic carbocycles. The summed E-state index contributed by atoms with van der Waals surface area (Å²) in [5, 5.41) is 8.56. The van der Waals surface area contributed by atoms with E-state index >= 15 is 0 Å². The summed E-state index contributed by atoms with van der Waals surface area (Å²) in [5.41, 5.74) is 0. The van der Waals surface area contributed by atoms with E-state index in [4.69, 9.17) is 5.11 Å². The van der Waals surface area contributed by atoms with Crippen LogP contribution in [-0.4, -0.2) is 35.1 Å². The van der Waals surface area contributed by atoms with Crippen LogP contribution < -0.4 is 0 Å². The molecule has 0 aromatic rings. The van der Waals surface area contributed by atoms with E-state index in [0.717, 1.165) is 25.9 Å². The molecule has 0 saturated carbocycles. The van der Waals surface area contributed by atoms with Crippen LogP contribution in [0.25, 0.3) is 0 Å². The average molecular weight is 194 g/mol. The summed E-state index contributed by atoms with van der Waals surface area (Å²) in [5.74, 6) is -0.671. The van der Waals surface area contributed by atoms with Crippen LogP contribution in [0.15, 0.2) is 0 Å². The van der Waals surface area contributed by atoms with Crippen molar-refractivity contribution in [3.8, 4) is 0 Å². The third-order valence-electron chi connectivity index (χ3n) is 2.32. The van der Waals surface area contributed by atoms with Gasteiger partial charge in [-0.05, 0) is 25.9 Å². The first-order chi connectivity index (χ1) is 5.24. The Bertz CT molecular complexity index is 152. The van der Waals surface area contributed by atoms with E-state index in [2.05, 4.69) is 11.8 Å². The molecule has 1 heterocycles. The Morgan fingerprint density at radius 3 is 2.83 bits per heavy atom. The number of halogens is 1. The fraction of sp³-hybridized carbons (Fsp3) is 0.875. The Morgan fingerprint density at radius 1 is 1.67 bits per heavy atom. The molecule has 12 heavy (non-hydrogen) atoms. The van der Waals surface area contributed by atoms with E-state index in [1.165, 1.54) is 0 Å². The fourth-order valence-electron chi connectivity index (χ4n) is 1.74. The Labute approximate surface area is 79.2 Å². The van der Waals surface area contributed by atoms with Gasteiger partial charge in [-0.3, -0.25) is 4.79 Å². The first kappa shape index (κ1) is 11.7. The van der Waals surface area contributed by atoms with Gasteiger partial charge in [0, 0.05) is 6.04 Å². The maximum absolute atomic E-state index is 10.4. The van der Waals surface area contributed by atoms with E-state index in [9.17, 15) is 4.79 Å². The van der Waals surface area contributed by atoms with Crippen LogP contribution in [0.4, 0.5) is 0 Å². The number of carboxylic acid groups (broad SMARTS) is 1. The molecule has 1 unspecified atom stereocenters. The number of rotatable bonds is 3. The van der Waals surface area contributed by atoms with E-state index in [1.807, 2.05) is 0 Å². The number of likely N-dealkylation sites (tertiary alicyclic amines) is 1. The number of carboxylic acids is 1. The molecule has 3 nitrogen and oxygen atoms in total. The molecule has 1 N–H and O–H groups in total. The number of hydrogen-bond donors (Lipinski definition) is 1. The van der Waals surface area contributed by atoms with Crippen molar-refractivity contribution in [1.82, 2.24) is 4.90 Å². The van der Waals surface area contributed by atoms with E-state index < -0.39 is 5.97 Å². The molecular weight excluding hydrogens is 178 g/mol. The van der Waals surface area contributed by atoms with Gasteiger partial charge in [0.15, 0.2) is 0 Å². The summed E-state index contributed by atoms with van der Waals surface area (Å²) in [6, 6.07) is 0.303. The van der Waals surface area contributed by atoms with Gasteiger partial charge in [0.05, 0.1) is 6.42 Å². The van der Waals surface area contributed by atoms with Crippen molar-refractivity contribution in [3.63, 3.8) is 0 Å². The van der Waals surface area contributed by atoms with Crippen molar-refractivity contribution < 1.29 is 9.90 Å². The van der Waals surface area contributed by atoms with Crippen molar-refractivity contribution in [1.29, 1.82) is 0 Å². The zero-order chi connectivity index (χ0) is 8.27. The maximum atomic E-state index is 10.4. The van der Waals surface area contributed by atoms with Crippen LogP contribution >= 0.6 is 12.4 Å². The summed E-state index contributed by atoms with van der Waals surface area (Å²) < 4.78 is 0. The van der Waals surface area contributed by atoms with Gasteiger partial charge < -0.3 is 10.0 Å². The fourth-order valence-corrected chi connectivity index (χ4v) is 1.74. The molecule has 1 saturated heterocycles. The van der Waals surface area contributed by atoms with Gasteiger partial charge in [-0.1, -0.05) is 6.92 Å². The lowest BCUT2D eigenvalue weighted by atomic mass is 10.1. The quantitative estimate of drug-likeness (QED) is 0.736. The van der Waals surface area contributed by atoms with Crippen LogP contribution in [0, 0.1) is 0 Å². The molecule has 0 aromatic heterocycles. The standard InChI is InChI=1S/C8H15NO2.ClH/c1-2-9-5-3-4-7(9)6-8(10)11;/h7H,2-6H2,1H3,(H,10,11);1H. The molecule has 1 fully saturated rings. The van der Waals surface area contributed by atoms with Crippen molar-refractivity contribution in [3.05, 3.63) is 0 Å². The molecule has 1 atom stereocenters. The van der Waals surface area contributed by atoms with Gasteiger partial charge in [-0.15, -0.1) is 12.4 Å². The van der Waals surface area contributed by atoms with Gasteiger partial charge >= 0.3 is 5.97 Å². The van der Waals surface area contributed by atoms with Crippen LogP contribution in [-0.2, 0) is 4.79 Å². The first-order valence-corrected chi connectivity index (χ1v) is 4.20. The number of nitrogens with zero attached hydrogens (tertiary/aromatic N) is 1. The van der Waals surface area contributed by atoms with E-state index in [0.29, 0.717) is 12.5 Å². The minimum atomic E-state index is -0.671. The monoisotopic (exact) mass is 193 g/mol. The first-order valence-electron chi connectivity index (χ1n) is 4.20. The summed E-state index contributed by atoms with van der Waals surface area (Å²) in [6.45, 7) is 4.15. The van der Waals surface area contributed by atoms with Crippen molar-refractivity contribution in [2.45, 2.75) is 32.2 Å². The molecule has 0 radical (unpaired) electrons. The zero-order valence-corrected chi connectivity index (χ0v) is 8.14.